The summed E-state index contributed by atoms with van der Waals surface area (Å²) in [5, 5.41) is 3.87. The van der Waals surface area contributed by atoms with Crippen molar-refractivity contribution >= 4 is 22.5 Å². The molecule has 2 N–H and O–H groups in total. The maximum Gasteiger partial charge on any atom is 0.221 e. The molecular formula is C20H21N3O2. The molecule has 1 fully saturated rings. The second-order valence-corrected chi connectivity index (χ2v) is 6.55. The van der Waals surface area contributed by atoms with Crippen LogP contribution in [-0.4, -0.2) is 22.5 Å². The number of hydrogen-bond donors (Lipinski definition) is 2. The number of carbonyl (C=O) groups excluding carboxylic acids is 1. The zero-order valence-corrected chi connectivity index (χ0v) is 14.2. The molecule has 0 aliphatic heterocycles. The Morgan fingerprint density at radius 3 is 3.00 bits per heavy atom. The molecule has 25 heavy (non-hydrogen) atoms. The molecule has 1 aliphatic carbocycles. The zero-order valence-electron chi connectivity index (χ0n) is 14.2. The second-order valence-electron chi connectivity index (χ2n) is 6.55. The van der Waals surface area contributed by atoms with E-state index in [4.69, 9.17) is 4.74 Å². The quantitative estimate of drug-likeness (QED) is 0.715. The van der Waals surface area contributed by atoms with Crippen molar-refractivity contribution in [3.8, 4) is 5.75 Å². The van der Waals surface area contributed by atoms with E-state index in [2.05, 4.69) is 33.5 Å². The summed E-state index contributed by atoms with van der Waals surface area (Å²) >= 11 is 0. The molecule has 5 nitrogen and oxygen atoms in total. The van der Waals surface area contributed by atoms with Crippen molar-refractivity contribution in [1.82, 2.24) is 9.97 Å². The number of ether oxygens (including phenoxy) is 1. The Hall–Kier alpha value is -2.82. The van der Waals surface area contributed by atoms with Gasteiger partial charge in [0.15, 0.2) is 0 Å². The number of carbonyl (C=O) groups is 1. The Balaban J connectivity index is 1.42. The van der Waals surface area contributed by atoms with Gasteiger partial charge in [-0.2, -0.15) is 0 Å². The molecule has 1 aliphatic rings. The van der Waals surface area contributed by atoms with Crippen LogP contribution in [-0.2, 0) is 11.2 Å². The smallest absolute Gasteiger partial charge is 0.221 e. The predicted molar refractivity (Wildman–Crippen MR) is 98.0 cm³/mol. The first-order chi connectivity index (χ1) is 12.2. The van der Waals surface area contributed by atoms with E-state index in [0.29, 0.717) is 12.5 Å². The van der Waals surface area contributed by atoms with Crippen LogP contribution >= 0.6 is 0 Å². The first-order valence-electron chi connectivity index (χ1n) is 8.65. The molecule has 0 radical (unpaired) electrons. The van der Waals surface area contributed by atoms with E-state index in [1.54, 1.807) is 0 Å². The summed E-state index contributed by atoms with van der Waals surface area (Å²) in [6, 6.07) is 10.2. The van der Waals surface area contributed by atoms with Gasteiger partial charge in [-0.3, -0.25) is 9.78 Å². The van der Waals surface area contributed by atoms with Crippen LogP contribution in [0, 0.1) is 0 Å². The van der Waals surface area contributed by atoms with Crippen molar-refractivity contribution in [2.24, 2.45) is 0 Å². The van der Waals surface area contributed by atoms with Gasteiger partial charge in [0.2, 0.25) is 5.91 Å². The Labute approximate surface area is 146 Å². The van der Waals surface area contributed by atoms with Crippen LogP contribution in [0.3, 0.4) is 0 Å². The lowest BCUT2D eigenvalue weighted by molar-refractivity contribution is -0.114. The molecule has 0 bridgehead atoms. The number of pyridine rings is 1. The maximum atomic E-state index is 11.3. The first kappa shape index (κ1) is 15.7. The standard InChI is InChI=1S/C20H21N3O2/c1-13(24)23-20-12-22-18-5-2-14(10-17(18)20)7-9-25-16-6-8-21-19(11-16)15-3-4-15/h2,5-6,8,10-12,15,22H,3-4,7,9H2,1H3,(H,23,24). The van der Waals surface area contributed by atoms with Gasteiger partial charge in [0, 0.05) is 54.3 Å². The molecule has 0 spiro atoms. The highest BCUT2D eigenvalue weighted by atomic mass is 16.5. The molecule has 128 valence electrons. The summed E-state index contributed by atoms with van der Waals surface area (Å²) < 4.78 is 5.90. The van der Waals surface area contributed by atoms with Crippen LogP contribution < -0.4 is 10.1 Å². The number of amides is 1. The molecule has 5 heteroatoms. The average molecular weight is 335 g/mol. The molecule has 4 rings (SSSR count). The number of hydrogen-bond acceptors (Lipinski definition) is 3. The molecule has 0 atom stereocenters. The largest absolute Gasteiger partial charge is 0.493 e. The highest BCUT2D eigenvalue weighted by molar-refractivity contribution is 6.01. The topological polar surface area (TPSA) is 67.0 Å². The number of rotatable bonds is 6. The summed E-state index contributed by atoms with van der Waals surface area (Å²) in [5.41, 5.74) is 4.14. The number of aromatic nitrogens is 2. The lowest BCUT2D eigenvalue weighted by atomic mass is 10.1. The van der Waals surface area contributed by atoms with Crippen molar-refractivity contribution in [3.05, 3.63) is 54.0 Å². The van der Waals surface area contributed by atoms with E-state index in [-0.39, 0.29) is 5.91 Å². The fourth-order valence-corrected chi connectivity index (χ4v) is 3.02. The third kappa shape index (κ3) is 3.65. The number of aromatic amines is 1. The van der Waals surface area contributed by atoms with Crippen molar-refractivity contribution in [1.29, 1.82) is 0 Å². The molecule has 2 aromatic heterocycles. The van der Waals surface area contributed by atoms with E-state index < -0.39 is 0 Å². The van der Waals surface area contributed by atoms with Crippen LogP contribution in [0.15, 0.2) is 42.7 Å². The van der Waals surface area contributed by atoms with E-state index in [1.807, 2.05) is 24.5 Å². The van der Waals surface area contributed by atoms with Gasteiger partial charge in [-0.15, -0.1) is 0 Å². The van der Waals surface area contributed by atoms with Crippen LogP contribution in [0.1, 0.15) is 36.9 Å². The minimum absolute atomic E-state index is 0.0706. The molecular weight excluding hydrogens is 314 g/mol. The second kappa shape index (κ2) is 6.59. The average Bonchev–Trinajstić information content (AvgIpc) is 3.38. The molecule has 3 aromatic rings. The number of H-pyrrole nitrogens is 1. The Bertz CT molecular complexity index is 912. The van der Waals surface area contributed by atoms with E-state index >= 15 is 0 Å². The maximum absolute atomic E-state index is 11.3. The summed E-state index contributed by atoms with van der Waals surface area (Å²) in [7, 11) is 0. The highest BCUT2D eigenvalue weighted by Crippen LogP contribution is 2.39. The van der Waals surface area contributed by atoms with Crippen molar-refractivity contribution in [3.63, 3.8) is 0 Å². The first-order valence-corrected chi connectivity index (χ1v) is 8.65. The van der Waals surface area contributed by atoms with Crippen LogP contribution in [0.25, 0.3) is 10.9 Å². The third-order valence-electron chi connectivity index (χ3n) is 4.46. The van der Waals surface area contributed by atoms with E-state index in [9.17, 15) is 4.79 Å². The number of benzene rings is 1. The monoisotopic (exact) mass is 335 g/mol. The van der Waals surface area contributed by atoms with Gasteiger partial charge >= 0.3 is 0 Å². The van der Waals surface area contributed by atoms with Crippen LogP contribution in [0.5, 0.6) is 5.75 Å². The van der Waals surface area contributed by atoms with Crippen LogP contribution in [0.2, 0.25) is 0 Å². The van der Waals surface area contributed by atoms with Gasteiger partial charge in [0.1, 0.15) is 5.75 Å². The molecule has 2 heterocycles. The Kier molecular flexibility index (Phi) is 4.14. The van der Waals surface area contributed by atoms with Crippen molar-refractivity contribution in [2.75, 3.05) is 11.9 Å². The minimum atomic E-state index is -0.0706. The lowest BCUT2D eigenvalue weighted by Crippen LogP contribution is -2.05. The zero-order chi connectivity index (χ0) is 17.2. The van der Waals surface area contributed by atoms with E-state index in [0.717, 1.165) is 34.5 Å². The third-order valence-corrected chi connectivity index (χ3v) is 4.46. The van der Waals surface area contributed by atoms with Crippen molar-refractivity contribution < 1.29 is 9.53 Å². The summed E-state index contributed by atoms with van der Waals surface area (Å²) in [4.78, 5) is 18.9. The SMILES string of the molecule is CC(=O)Nc1c[nH]c2ccc(CCOc3ccnc(C4CC4)c3)cc12. The fourth-order valence-electron chi connectivity index (χ4n) is 3.02. The molecule has 0 unspecified atom stereocenters. The molecule has 0 saturated heterocycles. The number of fused-ring (bicyclic) bond motifs is 1. The summed E-state index contributed by atoms with van der Waals surface area (Å²) in [5.74, 6) is 1.45. The van der Waals surface area contributed by atoms with Gasteiger partial charge in [-0.05, 0) is 36.6 Å². The Morgan fingerprint density at radius 2 is 2.20 bits per heavy atom. The summed E-state index contributed by atoms with van der Waals surface area (Å²) in [6.07, 6.45) is 6.94. The fraction of sp³-hybridized carbons (Fsp3) is 0.300. The van der Waals surface area contributed by atoms with Gasteiger partial charge < -0.3 is 15.0 Å². The van der Waals surface area contributed by atoms with Gasteiger partial charge in [0.05, 0.1) is 12.3 Å². The Morgan fingerprint density at radius 1 is 1.32 bits per heavy atom. The molecule has 1 aromatic carbocycles. The number of nitrogens with one attached hydrogen (secondary N) is 2. The summed E-state index contributed by atoms with van der Waals surface area (Å²) in [6.45, 7) is 2.13. The normalized spacial score (nSPS) is 13.8. The van der Waals surface area contributed by atoms with Crippen molar-refractivity contribution in [2.45, 2.75) is 32.1 Å². The van der Waals surface area contributed by atoms with Gasteiger partial charge in [-0.1, -0.05) is 6.07 Å². The predicted octanol–water partition coefficient (Wildman–Crippen LogP) is 4.02. The lowest BCUT2D eigenvalue weighted by Gasteiger charge is -2.08. The minimum Gasteiger partial charge on any atom is -0.493 e. The van der Waals surface area contributed by atoms with Gasteiger partial charge in [-0.25, -0.2) is 0 Å². The highest BCUT2D eigenvalue weighted by Gasteiger charge is 2.25. The van der Waals surface area contributed by atoms with E-state index in [1.165, 1.54) is 25.3 Å². The molecule has 1 amide bonds. The molecule has 1 saturated carbocycles. The number of nitrogens with zero attached hydrogens (tertiary/aromatic N) is 1. The number of anilines is 1. The van der Waals surface area contributed by atoms with Crippen LogP contribution in [0.4, 0.5) is 5.69 Å². The van der Waals surface area contributed by atoms with Gasteiger partial charge in [0.25, 0.3) is 0 Å².